The first-order chi connectivity index (χ1) is 8.43. The molecule has 17 heavy (non-hydrogen) atoms. The van der Waals surface area contributed by atoms with Crippen molar-refractivity contribution in [1.82, 2.24) is 25.2 Å². The van der Waals surface area contributed by atoms with Gasteiger partial charge in [-0.1, -0.05) is 0 Å². The van der Waals surface area contributed by atoms with E-state index in [9.17, 15) is 0 Å². The smallest absolute Gasteiger partial charge is 0.180 e. The van der Waals surface area contributed by atoms with Crippen molar-refractivity contribution in [2.24, 2.45) is 0 Å². The second-order valence-electron chi connectivity index (χ2n) is 4.37. The summed E-state index contributed by atoms with van der Waals surface area (Å²) >= 11 is 0. The molecule has 1 aliphatic rings. The Labute approximate surface area is 97.5 Å². The van der Waals surface area contributed by atoms with Crippen LogP contribution in [-0.4, -0.2) is 25.2 Å². The quantitative estimate of drug-likeness (QED) is 0.723. The first-order valence-corrected chi connectivity index (χ1v) is 5.68. The van der Waals surface area contributed by atoms with Crippen molar-refractivity contribution in [1.29, 1.82) is 0 Å². The largest absolute Gasteiger partial charge is 0.344 e. The number of benzene rings is 1. The van der Waals surface area contributed by atoms with Gasteiger partial charge in [-0.05, 0) is 47.5 Å². The van der Waals surface area contributed by atoms with Crippen molar-refractivity contribution < 1.29 is 0 Å². The topological polar surface area (TPSA) is 59.4 Å². The van der Waals surface area contributed by atoms with Gasteiger partial charge >= 0.3 is 0 Å². The van der Waals surface area contributed by atoms with E-state index in [4.69, 9.17) is 0 Å². The van der Waals surface area contributed by atoms with E-state index in [1.165, 1.54) is 23.7 Å². The molecule has 0 saturated heterocycles. The molecule has 0 bridgehead atoms. The summed E-state index contributed by atoms with van der Waals surface area (Å²) in [6.07, 6.45) is 4.69. The number of aromatic nitrogens is 5. The summed E-state index contributed by atoms with van der Waals surface area (Å²) in [6.45, 7) is 0. The number of nitrogens with zero attached hydrogens (tertiary/aromatic N) is 4. The maximum absolute atomic E-state index is 3.96. The average Bonchev–Trinajstić information content (AvgIpc) is 2.93. The molecule has 0 atom stereocenters. The third kappa shape index (κ3) is 1.28. The second-order valence-corrected chi connectivity index (χ2v) is 4.37. The molecule has 1 N–H and O–H groups in total. The van der Waals surface area contributed by atoms with Gasteiger partial charge in [-0.2, -0.15) is 0 Å². The van der Waals surface area contributed by atoms with Crippen molar-refractivity contribution in [3.05, 3.63) is 30.5 Å². The van der Waals surface area contributed by atoms with Crippen LogP contribution in [0, 0.1) is 6.07 Å². The summed E-state index contributed by atoms with van der Waals surface area (Å²) in [7, 11) is 0. The van der Waals surface area contributed by atoms with Gasteiger partial charge in [0.2, 0.25) is 0 Å². The Morgan fingerprint density at radius 3 is 3.06 bits per heavy atom. The standard InChI is InChI=1S/C12H10N5/c1-2-10(12-13-15-16-14-12)9-6-7-17(8-4-5-8)11(9)3-1/h2-3,6-8H,4-5H2,(H,13,14,15,16). The summed E-state index contributed by atoms with van der Waals surface area (Å²) in [5.74, 6) is 0.695. The number of H-pyrrole nitrogens is 1. The zero-order chi connectivity index (χ0) is 11.2. The summed E-state index contributed by atoms with van der Waals surface area (Å²) in [4.78, 5) is 0. The highest BCUT2D eigenvalue weighted by Gasteiger charge is 2.24. The molecule has 0 amide bonds. The van der Waals surface area contributed by atoms with Gasteiger partial charge in [0, 0.05) is 28.7 Å². The molecule has 0 aliphatic heterocycles. The van der Waals surface area contributed by atoms with Crippen molar-refractivity contribution in [2.75, 3.05) is 0 Å². The lowest BCUT2D eigenvalue weighted by atomic mass is 10.1. The van der Waals surface area contributed by atoms with E-state index in [0.29, 0.717) is 11.9 Å². The first kappa shape index (κ1) is 8.92. The summed E-state index contributed by atoms with van der Waals surface area (Å²) in [5, 5.41) is 15.2. The molecule has 0 spiro atoms. The highest BCUT2D eigenvalue weighted by atomic mass is 15.5. The Hall–Kier alpha value is -2.17. The number of aromatic amines is 1. The first-order valence-electron chi connectivity index (χ1n) is 5.68. The molecule has 2 heterocycles. The molecule has 5 heteroatoms. The average molecular weight is 224 g/mol. The Balaban J connectivity index is 1.99. The molecule has 1 saturated carbocycles. The number of nitrogens with one attached hydrogen (secondary N) is 1. The second kappa shape index (κ2) is 3.16. The van der Waals surface area contributed by atoms with E-state index in [1.807, 2.05) is 12.1 Å². The van der Waals surface area contributed by atoms with Crippen molar-refractivity contribution in [3.8, 4) is 11.4 Å². The Morgan fingerprint density at radius 1 is 1.35 bits per heavy atom. The molecule has 1 radical (unpaired) electrons. The Kier molecular flexibility index (Phi) is 1.66. The summed E-state index contributed by atoms with van der Waals surface area (Å²) in [5.41, 5.74) is 2.22. The molecule has 1 aliphatic carbocycles. The van der Waals surface area contributed by atoms with Crippen LogP contribution >= 0.6 is 0 Å². The van der Waals surface area contributed by atoms with Crippen molar-refractivity contribution >= 4 is 10.9 Å². The predicted octanol–water partition coefficient (Wildman–Crippen LogP) is 1.96. The van der Waals surface area contributed by atoms with Gasteiger partial charge in [0.05, 0.1) is 0 Å². The maximum atomic E-state index is 3.96. The monoisotopic (exact) mass is 224 g/mol. The minimum absolute atomic E-state index is 0.670. The van der Waals surface area contributed by atoms with Gasteiger partial charge < -0.3 is 4.57 Å². The van der Waals surface area contributed by atoms with E-state index < -0.39 is 0 Å². The van der Waals surface area contributed by atoms with Crippen LogP contribution in [0.3, 0.4) is 0 Å². The van der Waals surface area contributed by atoms with Crippen LogP contribution in [0.4, 0.5) is 0 Å². The molecule has 1 aromatic carbocycles. The number of rotatable bonds is 2. The van der Waals surface area contributed by atoms with Gasteiger partial charge in [-0.3, -0.25) is 0 Å². The van der Waals surface area contributed by atoms with Gasteiger partial charge in [0.25, 0.3) is 0 Å². The predicted molar refractivity (Wildman–Crippen MR) is 62.2 cm³/mol. The lowest BCUT2D eigenvalue weighted by Crippen LogP contribution is -1.90. The number of hydrogen-bond donors (Lipinski definition) is 1. The molecule has 83 valence electrons. The highest BCUT2D eigenvalue weighted by molar-refractivity contribution is 5.93. The van der Waals surface area contributed by atoms with Crippen molar-refractivity contribution in [2.45, 2.75) is 18.9 Å². The molecular weight excluding hydrogens is 214 g/mol. The zero-order valence-electron chi connectivity index (χ0n) is 9.09. The fraction of sp³-hybridized carbons (Fsp3) is 0.250. The Morgan fingerprint density at radius 2 is 2.29 bits per heavy atom. The van der Waals surface area contributed by atoms with Crippen molar-refractivity contribution in [3.63, 3.8) is 0 Å². The van der Waals surface area contributed by atoms with Gasteiger partial charge in [-0.25, -0.2) is 5.10 Å². The fourth-order valence-corrected chi connectivity index (χ4v) is 2.26. The summed E-state index contributed by atoms with van der Waals surface area (Å²) < 4.78 is 2.32. The molecule has 2 aromatic heterocycles. The van der Waals surface area contributed by atoms with Crippen LogP contribution < -0.4 is 0 Å². The number of fused-ring (bicyclic) bond motifs is 1. The van der Waals surface area contributed by atoms with Crippen LogP contribution in [0.15, 0.2) is 24.4 Å². The van der Waals surface area contributed by atoms with Crippen LogP contribution in [0.2, 0.25) is 0 Å². The molecule has 1 fully saturated rings. The van der Waals surface area contributed by atoms with Crippen LogP contribution in [0.1, 0.15) is 18.9 Å². The summed E-state index contributed by atoms with van der Waals surface area (Å²) in [6, 6.07) is 9.91. The third-order valence-electron chi connectivity index (χ3n) is 3.23. The molecule has 3 aromatic rings. The highest BCUT2D eigenvalue weighted by Crippen LogP contribution is 2.39. The van der Waals surface area contributed by atoms with E-state index in [2.05, 4.69) is 43.5 Å². The normalized spacial score (nSPS) is 15.5. The minimum Gasteiger partial charge on any atom is -0.344 e. The van der Waals surface area contributed by atoms with Crippen LogP contribution in [0.25, 0.3) is 22.3 Å². The Bertz CT molecular complexity index is 663. The minimum atomic E-state index is 0.670. The van der Waals surface area contributed by atoms with Gasteiger partial charge in [-0.15, -0.1) is 5.10 Å². The maximum Gasteiger partial charge on any atom is 0.180 e. The third-order valence-corrected chi connectivity index (χ3v) is 3.23. The molecule has 4 rings (SSSR count). The van der Waals surface area contributed by atoms with E-state index in [1.54, 1.807) is 0 Å². The van der Waals surface area contributed by atoms with Gasteiger partial charge in [0.15, 0.2) is 5.82 Å². The van der Waals surface area contributed by atoms with Crippen LogP contribution in [-0.2, 0) is 0 Å². The SMILES string of the molecule is [c]1cc(-c2nnn[nH]2)c2ccn(C3CC3)c2c1. The zero-order valence-corrected chi connectivity index (χ0v) is 9.09. The number of hydrogen-bond acceptors (Lipinski definition) is 3. The number of tetrazole rings is 1. The lowest BCUT2D eigenvalue weighted by Gasteiger charge is -2.03. The molecular formula is C12H10N5. The van der Waals surface area contributed by atoms with Crippen LogP contribution in [0.5, 0.6) is 0 Å². The van der Waals surface area contributed by atoms with E-state index in [0.717, 1.165) is 5.56 Å². The van der Waals surface area contributed by atoms with E-state index >= 15 is 0 Å². The van der Waals surface area contributed by atoms with Gasteiger partial charge in [0.1, 0.15) is 0 Å². The molecule has 0 unspecified atom stereocenters. The van der Waals surface area contributed by atoms with E-state index in [-0.39, 0.29) is 0 Å². The lowest BCUT2D eigenvalue weighted by molar-refractivity contribution is 0.776. The molecule has 5 nitrogen and oxygen atoms in total. The fourth-order valence-electron chi connectivity index (χ4n) is 2.26.